The van der Waals surface area contributed by atoms with Crippen LogP contribution in [0.15, 0.2) is 12.1 Å². The Morgan fingerprint density at radius 2 is 2.10 bits per heavy atom. The molecule has 1 aliphatic heterocycles. The molecule has 1 aromatic carbocycles. The Balaban J connectivity index is 2.23. The van der Waals surface area contributed by atoms with E-state index in [-0.39, 0.29) is 33.1 Å². The normalized spacial score (nSPS) is 18.6. The van der Waals surface area contributed by atoms with E-state index in [4.69, 9.17) is 28.3 Å². The van der Waals surface area contributed by atoms with E-state index >= 15 is 0 Å². The Kier molecular flexibility index (Phi) is 4.86. The number of hydrogen-bond donors (Lipinski definition) is 3. The van der Waals surface area contributed by atoms with Gasteiger partial charge in [0.25, 0.3) is 0 Å². The van der Waals surface area contributed by atoms with Gasteiger partial charge in [-0.3, -0.25) is 4.79 Å². The molecule has 5 nitrogen and oxygen atoms in total. The quantitative estimate of drug-likeness (QED) is 0.801. The SMILES string of the molecule is O=C(O)c1cc(Cl)cc(Cl)c1NC(=O)[C@H]1CCCNC1. The molecule has 7 heteroatoms. The maximum atomic E-state index is 12.1. The van der Waals surface area contributed by atoms with E-state index in [2.05, 4.69) is 10.6 Å². The largest absolute Gasteiger partial charge is 0.478 e. The zero-order valence-electron chi connectivity index (χ0n) is 10.6. The van der Waals surface area contributed by atoms with Gasteiger partial charge in [0.05, 0.1) is 22.2 Å². The molecule has 0 aliphatic carbocycles. The summed E-state index contributed by atoms with van der Waals surface area (Å²) in [6.07, 6.45) is 1.69. The second kappa shape index (κ2) is 6.43. The van der Waals surface area contributed by atoms with Gasteiger partial charge in [-0.05, 0) is 31.5 Å². The molecule has 1 saturated heterocycles. The van der Waals surface area contributed by atoms with Gasteiger partial charge in [0.1, 0.15) is 0 Å². The molecule has 0 radical (unpaired) electrons. The highest BCUT2D eigenvalue weighted by atomic mass is 35.5. The Hall–Kier alpha value is -1.30. The standard InChI is InChI=1S/C13H14Cl2N2O3/c14-8-4-9(13(19)20)11(10(15)5-8)17-12(18)7-2-1-3-16-6-7/h4-5,7,16H,1-3,6H2,(H,17,18)(H,19,20)/t7-/m0/s1. The van der Waals surface area contributed by atoms with Crippen molar-refractivity contribution in [1.82, 2.24) is 5.32 Å². The summed E-state index contributed by atoms with van der Waals surface area (Å²) in [4.78, 5) is 23.3. The molecule has 0 unspecified atom stereocenters. The minimum atomic E-state index is -1.19. The second-order valence-electron chi connectivity index (χ2n) is 4.65. The van der Waals surface area contributed by atoms with Crippen LogP contribution in [0.2, 0.25) is 10.0 Å². The first-order valence-electron chi connectivity index (χ1n) is 6.23. The molecule has 0 aromatic heterocycles. The third kappa shape index (κ3) is 3.42. The van der Waals surface area contributed by atoms with Gasteiger partial charge in [0.2, 0.25) is 5.91 Å². The number of piperidine rings is 1. The van der Waals surface area contributed by atoms with Gasteiger partial charge < -0.3 is 15.7 Å². The van der Waals surface area contributed by atoms with Gasteiger partial charge in [-0.25, -0.2) is 4.79 Å². The average molecular weight is 317 g/mol. The number of nitrogens with one attached hydrogen (secondary N) is 2. The molecule has 1 amide bonds. The Morgan fingerprint density at radius 3 is 2.70 bits per heavy atom. The summed E-state index contributed by atoms with van der Waals surface area (Å²) in [6.45, 7) is 1.48. The zero-order chi connectivity index (χ0) is 14.7. The first-order valence-corrected chi connectivity index (χ1v) is 6.98. The Bertz CT molecular complexity index is 543. The van der Waals surface area contributed by atoms with E-state index in [0.717, 1.165) is 19.4 Å². The minimum absolute atomic E-state index is 0.0964. The lowest BCUT2D eigenvalue weighted by Crippen LogP contribution is -2.37. The van der Waals surface area contributed by atoms with Gasteiger partial charge in [-0.2, -0.15) is 0 Å². The molecule has 0 saturated carbocycles. The molecule has 20 heavy (non-hydrogen) atoms. The Morgan fingerprint density at radius 1 is 1.35 bits per heavy atom. The molecule has 2 rings (SSSR count). The lowest BCUT2D eigenvalue weighted by Gasteiger charge is -2.22. The number of halogens is 2. The van der Waals surface area contributed by atoms with Crippen molar-refractivity contribution in [3.8, 4) is 0 Å². The molecule has 1 atom stereocenters. The topological polar surface area (TPSA) is 78.4 Å². The first kappa shape index (κ1) is 15.1. The number of hydrogen-bond acceptors (Lipinski definition) is 3. The average Bonchev–Trinajstić information content (AvgIpc) is 2.42. The number of amides is 1. The predicted octanol–water partition coefficient (Wildman–Crippen LogP) is 2.63. The van der Waals surface area contributed by atoms with E-state index in [0.29, 0.717) is 6.54 Å². The first-order chi connectivity index (χ1) is 9.49. The van der Waals surface area contributed by atoms with Crippen molar-refractivity contribution in [1.29, 1.82) is 0 Å². The van der Waals surface area contributed by atoms with Crippen LogP contribution in [0, 0.1) is 5.92 Å². The van der Waals surface area contributed by atoms with Crippen LogP contribution in [0.5, 0.6) is 0 Å². The van der Waals surface area contributed by atoms with Crippen LogP contribution in [0.25, 0.3) is 0 Å². The van der Waals surface area contributed by atoms with Crippen molar-refractivity contribution in [2.45, 2.75) is 12.8 Å². The molecule has 0 spiro atoms. The van der Waals surface area contributed by atoms with E-state index in [1.165, 1.54) is 12.1 Å². The summed E-state index contributed by atoms with van der Waals surface area (Å²) in [5.41, 5.74) is -0.0150. The zero-order valence-corrected chi connectivity index (χ0v) is 12.1. The monoisotopic (exact) mass is 316 g/mol. The number of carboxylic acid groups (broad SMARTS) is 1. The number of benzene rings is 1. The van der Waals surface area contributed by atoms with Crippen molar-refractivity contribution in [2.75, 3.05) is 18.4 Å². The molecule has 1 aliphatic rings. The third-order valence-electron chi connectivity index (χ3n) is 3.20. The van der Waals surface area contributed by atoms with Gasteiger partial charge in [0.15, 0.2) is 0 Å². The number of aromatic carboxylic acids is 1. The summed E-state index contributed by atoms with van der Waals surface area (Å²) in [5.74, 6) is -1.60. The highest BCUT2D eigenvalue weighted by Crippen LogP contribution is 2.31. The number of anilines is 1. The summed E-state index contributed by atoms with van der Waals surface area (Å²) in [7, 11) is 0. The molecular formula is C13H14Cl2N2O3. The number of carbonyl (C=O) groups excluding carboxylic acids is 1. The lowest BCUT2D eigenvalue weighted by atomic mass is 9.98. The molecular weight excluding hydrogens is 303 g/mol. The van der Waals surface area contributed by atoms with Crippen molar-refractivity contribution >= 4 is 40.8 Å². The van der Waals surface area contributed by atoms with E-state index in [1.54, 1.807) is 0 Å². The molecule has 0 bridgehead atoms. The smallest absolute Gasteiger partial charge is 0.337 e. The van der Waals surface area contributed by atoms with Crippen LogP contribution < -0.4 is 10.6 Å². The molecule has 1 fully saturated rings. The highest BCUT2D eigenvalue weighted by Gasteiger charge is 2.24. The van der Waals surface area contributed by atoms with E-state index in [9.17, 15) is 9.59 Å². The summed E-state index contributed by atoms with van der Waals surface area (Å²) >= 11 is 11.8. The fourth-order valence-corrected chi connectivity index (χ4v) is 2.71. The summed E-state index contributed by atoms with van der Waals surface area (Å²) < 4.78 is 0. The van der Waals surface area contributed by atoms with Crippen LogP contribution in [0.3, 0.4) is 0 Å². The van der Waals surface area contributed by atoms with Crippen molar-refractivity contribution < 1.29 is 14.7 Å². The molecule has 1 heterocycles. The molecule has 108 valence electrons. The van der Waals surface area contributed by atoms with Crippen molar-refractivity contribution in [3.05, 3.63) is 27.7 Å². The van der Waals surface area contributed by atoms with Crippen LogP contribution in [-0.4, -0.2) is 30.1 Å². The van der Waals surface area contributed by atoms with Gasteiger partial charge in [-0.1, -0.05) is 23.2 Å². The highest BCUT2D eigenvalue weighted by molar-refractivity contribution is 6.37. The van der Waals surface area contributed by atoms with Gasteiger partial charge in [-0.15, -0.1) is 0 Å². The summed E-state index contributed by atoms with van der Waals surface area (Å²) in [5, 5.41) is 15.2. The molecule has 3 N–H and O–H groups in total. The van der Waals surface area contributed by atoms with E-state index < -0.39 is 5.97 Å². The number of carboxylic acids is 1. The predicted molar refractivity (Wildman–Crippen MR) is 77.6 cm³/mol. The fourth-order valence-electron chi connectivity index (χ4n) is 2.17. The minimum Gasteiger partial charge on any atom is -0.478 e. The lowest BCUT2D eigenvalue weighted by molar-refractivity contribution is -0.120. The van der Waals surface area contributed by atoms with Gasteiger partial charge >= 0.3 is 5.97 Å². The maximum absolute atomic E-state index is 12.1. The van der Waals surface area contributed by atoms with Crippen LogP contribution in [0.4, 0.5) is 5.69 Å². The van der Waals surface area contributed by atoms with E-state index in [1.807, 2.05) is 0 Å². The summed E-state index contributed by atoms with van der Waals surface area (Å²) in [6, 6.07) is 2.68. The number of rotatable bonds is 3. The number of carbonyl (C=O) groups is 2. The fraction of sp³-hybridized carbons (Fsp3) is 0.385. The third-order valence-corrected chi connectivity index (χ3v) is 3.72. The van der Waals surface area contributed by atoms with Crippen LogP contribution >= 0.6 is 23.2 Å². The Labute approximate surface area is 126 Å². The maximum Gasteiger partial charge on any atom is 0.337 e. The van der Waals surface area contributed by atoms with Crippen LogP contribution in [0.1, 0.15) is 23.2 Å². The van der Waals surface area contributed by atoms with Crippen LogP contribution in [-0.2, 0) is 4.79 Å². The van der Waals surface area contributed by atoms with Crippen molar-refractivity contribution in [2.24, 2.45) is 5.92 Å². The molecule has 1 aromatic rings. The van der Waals surface area contributed by atoms with Crippen molar-refractivity contribution in [3.63, 3.8) is 0 Å². The van der Waals surface area contributed by atoms with Gasteiger partial charge in [0, 0.05) is 11.6 Å². The second-order valence-corrected chi connectivity index (χ2v) is 5.49.